The Bertz CT molecular complexity index is 1860. The number of fused-ring (bicyclic) bond motifs is 1. The average molecular weight is 572 g/mol. The van der Waals surface area contributed by atoms with Crippen LogP contribution in [0.3, 0.4) is 0 Å². The van der Waals surface area contributed by atoms with Crippen LogP contribution in [-0.4, -0.2) is 25.6 Å². The number of rotatable bonds is 8. The van der Waals surface area contributed by atoms with Crippen molar-refractivity contribution >= 4 is 16.9 Å². The summed E-state index contributed by atoms with van der Waals surface area (Å²) < 4.78 is 28.3. The van der Waals surface area contributed by atoms with E-state index >= 15 is 0 Å². The molecule has 0 amide bonds. The van der Waals surface area contributed by atoms with Gasteiger partial charge >= 0.3 is 5.97 Å². The van der Waals surface area contributed by atoms with E-state index in [9.17, 15) is 19.1 Å². The van der Waals surface area contributed by atoms with E-state index in [-0.39, 0.29) is 23.2 Å². The van der Waals surface area contributed by atoms with E-state index in [1.54, 1.807) is 57.6 Å². The highest BCUT2D eigenvalue weighted by Gasteiger charge is 2.27. The normalized spacial score (nSPS) is 12.4. The molecule has 0 saturated heterocycles. The van der Waals surface area contributed by atoms with Crippen molar-refractivity contribution in [3.63, 3.8) is 0 Å². The van der Waals surface area contributed by atoms with Crippen molar-refractivity contribution in [3.05, 3.63) is 87.5 Å². The fraction of sp³-hybridized carbons (Fsp3) is 0.303. The Kier molecular flexibility index (Phi) is 7.53. The molecular formula is C33H34FN3O5. The van der Waals surface area contributed by atoms with Crippen molar-refractivity contribution in [1.29, 1.82) is 0 Å². The molecule has 2 aromatic carbocycles. The van der Waals surface area contributed by atoms with Crippen LogP contribution in [0.2, 0.25) is 0 Å². The SMILES string of the molecule is Cc1cc(F)cc(C)c1Oc1ccc(C(C(=O)O)C(C)C)cc1-c1cn(C)c(=O)c2cc(-c3cnc(C(C)C)[nH]3)oc12. The van der Waals surface area contributed by atoms with Gasteiger partial charge in [-0.3, -0.25) is 9.59 Å². The van der Waals surface area contributed by atoms with Gasteiger partial charge in [0.05, 0.1) is 17.5 Å². The second-order valence-corrected chi connectivity index (χ2v) is 11.4. The Labute approximate surface area is 242 Å². The number of nitrogens with zero attached hydrogens (tertiary/aromatic N) is 2. The van der Waals surface area contributed by atoms with Crippen LogP contribution in [0.25, 0.3) is 33.6 Å². The minimum absolute atomic E-state index is 0.176. The average Bonchev–Trinajstić information content (AvgIpc) is 3.57. The summed E-state index contributed by atoms with van der Waals surface area (Å²) in [5, 5.41) is 10.4. The number of carboxylic acid groups (broad SMARTS) is 1. The number of carboxylic acids is 1. The number of aryl methyl sites for hydroxylation is 3. The second kappa shape index (κ2) is 11.0. The summed E-state index contributed by atoms with van der Waals surface area (Å²) >= 11 is 0. The lowest BCUT2D eigenvalue weighted by Crippen LogP contribution is -2.18. The standard InChI is InChI=1S/C33H34FN3O5/c1-16(2)28(33(39)40)20-8-9-26(41-29-18(5)10-21(34)11-19(29)6)22(12-20)24-15-37(7)32(38)23-13-27(42-30(23)24)25-14-35-31(36-25)17(3)4/h8-17,28H,1-7H3,(H,35,36)(H,39,40). The highest BCUT2D eigenvalue weighted by molar-refractivity contribution is 5.95. The molecule has 0 aliphatic rings. The van der Waals surface area contributed by atoms with Gasteiger partial charge in [0.2, 0.25) is 0 Å². The van der Waals surface area contributed by atoms with Gasteiger partial charge in [-0.1, -0.05) is 33.8 Å². The molecule has 8 nitrogen and oxygen atoms in total. The zero-order valence-electron chi connectivity index (χ0n) is 24.7. The lowest BCUT2D eigenvalue weighted by Gasteiger charge is -2.20. The monoisotopic (exact) mass is 571 g/mol. The van der Waals surface area contributed by atoms with Gasteiger partial charge in [-0.05, 0) is 66.8 Å². The van der Waals surface area contributed by atoms with E-state index in [0.717, 1.165) is 5.82 Å². The van der Waals surface area contributed by atoms with Crippen LogP contribution in [-0.2, 0) is 11.8 Å². The third-order valence-electron chi connectivity index (χ3n) is 7.48. The maximum Gasteiger partial charge on any atom is 0.311 e. The van der Waals surface area contributed by atoms with Crippen molar-refractivity contribution in [2.45, 2.75) is 53.4 Å². The summed E-state index contributed by atoms with van der Waals surface area (Å²) in [4.78, 5) is 33.2. The molecule has 0 saturated carbocycles. The van der Waals surface area contributed by atoms with E-state index < -0.39 is 11.9 Å². The molecule has 3 aromatic heterocycles. The summed E-state index contributed by atoms with van der Waals surface area (Å²) in [5.74, 6) is 0.0444. The van der Waals surface area contributed by atoms with Gasteiger partial charge in [-0.2, -0.15) is 0 Å². The maximum absolute atomic E-state index is 14.1. The molecule has 9 heteroatoms. The van der Waals surface area contributed by atoms with E-state index in [4.69, 9.17) is 9.15 Å². The molecule has 42 heavy (non-hydrogen) atoms. The number of aromatic nitrogens is 3. The van der Waals surface area contributed by atoms with E-state index in [0.29, 0.717) is 61.7 Å². The van der Waals surface area contributed by atoms with Crippen molar-refractivity contribution in [2.75, 3.05) is 0 Å². The van der Waals surface area contributed by atoms with Gasteiger partial charge < -0.3 is 23.8 Å². The number of aromatic amines is 1. The summed E-state index contributed by atoms with van der Waals surface area (Å²) in [7, 11) is 1.65. The lowest BCUT2D eigenvalue weighted by molar-refractivity contribution is -0.139. The number of hydrogen-bond donors (Lipinski definition) is 2. The van der Waals surface area contributed by atoms with Crippen LogP contribution in [0.15, 0.2) is 58.0 Å². The Balaban J connectivity index is 1.77. The largest absolute Gasteiger partial charge is 0.481 e. The highest BCUT2D eigenvalue weighted by atomic mass is 19.1. The number of aliphatic carboxylic acids is 1. The Morgan fingerprint density at radius 1 is 1.07 bits per heavy atom. The minimum Gasteiger partial charge on any atom is -0.481 e. The minimum atomic E-state index is -0.944. The number of carbonyl (C=O) groups is 1. The first-order valence-corrected chi connectivity index (χ1v) is 13.9. The molecule has 0 radical (unpaired) electrons. The Morgan fingerprint density at radius 2 is 1.76 bits per heavy atom. The van der Waals surface area contributed by atoms with Crippen LogP contribution < -0.4 is 10.3 Å². The molecule has 0 aliphatic heterocycles. The quantitative estimate of drug-likeness (QED) is 0.198. The van der Waals surface area contributed by atoms with Crippen molar-refractivity contribution in [1.82, 2.24) is 14.5 Å². The van der Waals surface area contributed by atoms with Crippen LogP contribution in [0.5, 0.6) is 11.5 Å². The van der Waals surface area contributed by atoms with Crippen molar-refractivity contribution in [2.24, 2.45) is 13.0 Å². The van der Waals surface area contributed by atoms with Gasteiger partial charge in [0.1, 0.15) is 34.4 Å². The topological polar surface area (TPSA) is 110 Å². The van der Waals surface area contributed by atoms with Crippen LogP contribution in [0, 0.1) is 25.6 Å². The molecule has 218 valence electrons. The summed E-state index contributed by atoms with van der Waals surface area (Å²) in [5.41, 5.74) is 3.60. The third kappa shape index (κ3) is 5.22. The molecule has 2 N–H and O–H groups in total. The first kappa shape index (κ1) is 28.9. The van der Waals surface area contributed by atoms with Gasteiger partial charge in [0.25, 0.3) is 5.56 Å². The summed E-state index contributed by atoms with van der Waals surface area (Å²) in [6.45, 7) is 11.3. The second-order valence-electron chi connectivity index (χ2n) is 11.4. The number of ether oxygens (including phenoxy) is 1. The predicted molar refractivity (Wildman–Crippen MR) is 160 cm³/mol. The fourth-order valence-corrected chi connectivity index (χ4v) is 5.35. The number of nitrogens with one attached hydrogen (secondary N) is 1. The predicted octanol–water partition coefficient (Wildman–Crippen LogP) is 7.68. The summed E-state index contributed by atoms with van der Waals surface area (Å²) in [6, 6.07) is 9.71. The van der Waals surface area contributed by atoms with Gasteiger partial charge in [0, 0.05) is 30.3 Å². The number of benzene rings is 2. The number of imidazole rings is 1. The van der Waals surface area contributed by atoms with Crippen molar-refractivity contribution in [3.8, 4) is 34.1 Å². The molecule has 1 unspecified atom stereocenters. The van der Waals surface area contributed by atoms with Crippen LogP contribution in [0.1, 0.15) is 62.0 Å². The number of halogens is 1. The van der Waals surface area contributed by atoms with Gasteiger partial charge in [-0.25, -0.2) is 9.37 Å². The van der Waals surface area contributed by atoms with E-state index in [2.05, 4.69) is 9.97 Å². The van der Waals surface area contributed by atoms with E-state index in [1.165, 1.54) is 16.7 Å². The smallest absolute Gasteiger partial charge is 0.311 e. The molecule has 5 rings (SSSR count). The fourth-order valence-electron chi connectivity index (χ4n) is 5.35. The molecular weight excluding hydrogens is 537 g/mol. The van der Waals surface area contributed by atoms with Gasteiger partial charge in [-0.15, -0.1) is 0 Å². The highest BCUT2D eigenvalue weighted by Crippen LogP contribution is 2.42. The molecule has 3 heterocycles. The van der Waals surface area contributed by atoms with E-state index in [1.807, 2.05) is 27.7 Å². The Hall–Kier alpha value is -4.66. The zero-order chi connectivity index (χ0) is 30.5. The van der Waals surface area contributed by atoms with Crippen molar-refractivity contribution < 1.29 is 23.4 Å². The number of pyridine rings is 1. The van der Waals surface area contributed by atoms with Gasteiger partial charge in [0.15, 0.2) is 5.76 Å². The molecule has 0 fully saturated rings. The number of H-pyrrole nitrogens is 1. The lowest BCUT2D eigenvalue weighted by atomic mass is 9.86. The number of hydrogen-bond acceptors (Lipinski definition) is 5. The molecule has 5 aromatic rings. The maximum atomic E-state index is 14.1. The van der Waals surface area contributed by atoms with Crippen LogP contribution >= 0.6 is 0 Å². The zero-order valence-corrected chi connectivity index (χ0v) is 24.7. The Morgan fingerprint density at radius 3 is 2.36 bits per heavy atom. The first-order valence-electron chi connectivity index (χ1n) is 13.9. The molecule has 0 aliphatic carbocycles. The molecule has 0 bridgehead atoms. The number of furan rings is 1. The first-order chi connectivity index (χ1) is 19.8. The van der Waals surface area contributed by atoms with Crippen LogP contribution in [0.4, 0.5) is 4.39 Å². The summed E-state index contributed by atoms with van der Waals surface area (Å²) in [6.07, 6.45) is 3.33. The molecule has 1 atom stereocenters. The molecule has 0 spiro atoms. The third-order valence-corrected chi connectivity index (χ3v) is 7.48.